The summed E-state index contributed by atoms with van der Waals surface area (Å²) in [7, 11) is 0. The van der Waals surface area contributed by atoms with Crippen molar-refractivity contribution < 1.29 is 27.8 Å². The van der Waals surface area contributed by atoms with Gasteiger partial charge >= 0.3 is 12.3 Å². The number of aromatic carboxylic acids is 1. The molecule has 0 aliphatic rings. The van der Waals surface area contributed by atoms with Crippen LogP contribution in [0.15, 0.2) is 30.5 Å². The highest BCUT2D eigenvalue weighted by Crippen LogP contribution is 2.23. The second-order valence-corrected chi connectivity index (χ2v) is 4.30. The van der Waals surface area contributed by atoms with Gasteiger partial charge in [-0.15, -0.1) is 13.2 Å². The van der Waals surface area contributed by atoms with Crippen molar-refractivity contribution >= 4 is 5.97 Å². The number of carbonyl (C=O) groups is 1. The van der Waals surface area contributed by atoms with Crippen LogP contribution in [-0.4, -0.2) is 27.2 Å². The largest absolute Gasteiger partial charge is 0.573 e. The summed E-state index contributed by atoms with van der Waals surface area (Å²) in [5.74, 6) is -1.39. The summed E-state index contributed by atoms with van der Waals surface area (Å²) in [6.45, 7) is 1.86. The van der Waals surface area contributed by atoms with E-state index in [0.717, 1.165) is 0 Å². The number of ether oxygens (including phenoxy) is 1. The van der Waals surface area contributed by atoms with Crippen molar-refractivity contribution in [2.24, 2.45) is 0 Å². The molecule has 8 heteroatoms. The number of carboxylic acids is 1. The maximum Gasteiger partial charge on any atom is 0.573 e. The smallest absolute Gasteiger partial charge is 0.478 e. The molecule has 1 heterocycles. The van der Waals surface area contributed by atoms with E-state index in [1.807, 2.05) is 0 Å². The van der Waals surface area contributed by atoms with E-state index >= 15 is 0 Å². The molecule has 0 saturated heterocycles. The Kier molecular flexibility index (Phi) is 3.88. The highest BCUT2D eigenvalue weighted by atomic mass is 19.4. The molecule has 1 N–H and O–H groups in total. The first kappa shape index (κ1) is 14.9. The van der Waals surface area contributed by atoms with Crippen LogP contribution in [0.4, 0.5) is 13.2 Å². The van der Waals surface area contributed by atoms with Crippen LogP contribution in [0.1, 0.15) is 21.6 Å². The number of carboxylic acid groups (broad SMARTS) is 1. The number of benzene rings is 1. The van der Waals surface area contributed by atoms with Gasteiger partial charge in [-0.1, -0.05) is 12.1 Å². The van der Waals surface area contributed by atoms with E-state index in [-0.39, 0.29) is 17.9 Å². The van der Waals surface area contributed by atoms with Crippen LogP contribution < -0.4 is 4.74 Å². The van der Waals surface area contributed by atoms with Crippen LogP contribution in [0.25, 0.3) is 0 Å². The Balaban J connectivity index is 2.12. The summed E-state index contributed by atoms with van der Waals surface area (Å²) < 4.78 is 41.3. The zero-order valence-electron chi connectivity index (χ0n) is 10.9. The van der Waals surface area contributed by atoms with E-state index in [4.69, 9.17) is 5.11 Å². The Bertz CT molecular complexity index is 648. The average Bonchev–Trinajstić information content (AvgIpc) is 2.72. The van der Waals surface area contributed by atoms with E-state index < -0.39 is 12.3 Å². The molecule has 0 saturated carbocycles. The minimum absolute atomic E-state index is 0.0898. The Hall–Kier alpha value is -2.51. The van der Waals surface area contributed by atoms with Gasteiger partial charge in [-0.05, 0) is 24.6 Å². The first-order chi connectivity index (χ1) is 9.76. The van der Waals surface area contributed by atoms with Gasteiger partial charge in [0.15, 0.2) is 0 Å². The number of halogens is 3. The second kappa shape index (κ2) is 5.47. The molecule has 0 spiro atoms. The number of rotatable bonds is 4. The lowest BCUT2D eigenvalue weighted by Crippen LogP contribution is -2.17. The Labute approximate surface area is 117 Å². The molecule has 0 aliphatic carbocycles. The van der Waals surface area contributed by atoms with Gasteiger partial charge in [0.25, 0.3) is 0 Å². The monoisotopic (exact) mass is 300 g/mol. The predicted molar refractivity (Wildman–Crippen MR) is 66.2 cm³/mol. The molecule has 0 fully saturated rings. The number of hydrogen-bond donors (Lipinski definition) is 1. The van der Waals surface area contributed by atoms with Crippen LogP contribution in [0.2, 0.25) is 0 Å². The van der Waals surface area contributed by atoms with E-state index in [2.05, 4.69) is 9.84 Å². The molecule has 0 atom stereocenters. The molecular formula is C13H11F3N2O3. The fourth-order valence-corrected chi connectivity index (χ4v) is 1.79. The van der Waals surface area contributed by atoms with Crippen molar-refractivity contribution in [3.05, 3.63) is 47.3 Å². The topological polar surface area (TPSA) is 64.3 Å². The standard InChI is InChI=1S/C13H11F3N2O3/c1-8-11(12(19)20)6-17-18(8)7-9-2-4-10(5-3-9)21-13(14,15)16/h2-6H,7H2,1H3,(H,19,20). The van der Waals surface area contributed by atoms with Crippen LogP contribution in [0.5, 0.6) is 5.75 Å². The molecule has 5 nitrogen and oxygen atoms in total. The van der Waals surface area contributed by atoms with Gasteiger partial charge in [0.1, 0.15) is 11.3 Å². The summed E-state index contributed by atoms with van der Waals surface area (Å²) in [5.41, 5.74) is 1.23. The third-order valence-electron chi connectivity index (χ3n) is 2.82. The van der Waals surface area contributed by atoms with Crippen molar-refractivity contribution in [1.82, 2.24) is 9.78 Å². The van der Waals surface area contributed by atoms with Crippen LogP contribution in [0, 0.1) is 6.92 Å². The lowest BCUT2D eigenvalue weighted by atomic mass is 10.2. The van der Waals surface area contributed by atoms with Crippen LogP contribution in [-0.2, 0) is 6.54 Å². The average molecular weight is 300 g/mol. The zero-order valence-corrected chi connectivity index (χ0v) is 10.9. The molecule has 112 valence electrons. The van der Waals surface area contributed by atoms with E-state index in [0.29, 0.717) is 11.3 Å². The predicted octanol–water partition coefficient (Wildman–Crippen LogP) is 2.84. The highest BCUT2D eigenvalue weighted by Gasteiger charge is 2.30. The molecule has 1 aromatic heterocycles. The normalized spacial score (nSPS) is 11.4. The van der Waals surface area contributed by atoms with Crippen LogP contribution >= 0.6 is 0 Å². The summed E-state index contributed by atoms with van der Waals surface area (Å²) in [6, 6.07) is 5.31. The fourth-order valence-electron chi connectivity index (χ4n) is 1.79. The molecule has 0 amide bonds. The van der Waals surface area contributed by atoms with Gasteiger partial charge in [0, 0.05) is 0 Å². The molecular weight excluding hydrogens is 289 g/mol. The van der Waals surface area contributed by atoms with Crippen molar-refractivity contribution in [1.29, 1.82) is 0 Å². The van der Waals surface area contributed by atoms with E-state index in [1.165, 1.54) is 35.1 Å². The van der Waals surface area contributed by atoms with Gasteiger partial charge in [-0.3, -0.25) is 4.68 Å². The minimum Gasteiger partial charge on any atom is -0.478 e. The summed E-state index contributed by atoms with van der Waals surface area (Å²) in [6.07, 6.45) is -3.49. The molecule has 21 heavy (non-hydrogen) atoms. The van der Waals surface area contributed by atoms with Gasteiger partial charge in [0.05, 0.1) is 18.4 Å². The maximum atomic E-state index is 12.0. The van der Waals surface area contributed by atoms with Crippen molar-refractivity contribution in [2.45, 2.75) is 19.8 Å². The van der Waals surface area contributed by atoms with Crippen LogP contribution in [0.3, 0.4) is 0 Å². The van der Waals surface area contributed by atoms with Gasteiger partial charge < -0.3 is 9.84 Å². The first-order valence-corrected chi connectivity index (χ1v) is 5.86. The first-order valence-electron chi connectivity index (χ1n) is 5.86. The molecule has 2 aromatic rings. The molecule has 2 rings (SSSR count). The molecule has 1 aromatic carbocycles. The Morgan fingerprint density at radius 2 is 1.95 bits per heavy atom. The molecule has 0 unspecified atom stereocenters. The zero-order chi connectivity index (χ0) is 15.6. The maximum absolute atomic E-state index is 12.0. The second-order valence-electron chi connectivity index (χ2n) is 4.30. The third-order valence-corrected chi connectivity index (χ3v) is 2.82. The fraction of sp³-hybridized carbons (Fsp3) is 0.231. The number of aromatic nitrogens is 2. The quantitative estimate of drug-likeness (QED) is 0.943. The van der Waals surface area contributed by atoms with Crippen molar-refractivity contribution in [3.8, 4) is 5.75 Å². The Morgan fingerprint density at radius 3 is 2.43 bits per heavy atom. The number of hydrogen-bond acceptors (Lipinski definition) is 3. The van der Waals surface area contributed by atoms with E-state index in [9.17, 15) is 18.0 Å². The lowest BCUT2D eigenvalue weighted by Gasteiger charge is -2.10. The minimum atomic E-state index is -4.73. The van der Waals surface area contributed by atoms with E-state index in [1.54, 1.807) is 6.92 Å². The molecule has 0 bridgehead atoms. The summed E-state index contributed by atoms with van der Waals surface area (Å²) in [4.78, 5) is 10.9. The van der Waals surface area contributed by atoms with Gasteiger partial charge in [-0.2, -0.15) is 5.10 Å². The van der Waals surface area contributed by atoms with Gasteiger partial charge in [0.2, 0.25) is 0 Å². The van der Waals surface area contributed by atoms with Crippen molar-refractivity contribution in [3.63, 3.8) is 0 Å². The van der Waals surface area contributed by atoms with Crippen molar-refractivity contribution in [2.75, 3.05) is 0 Å². The molecule has 0 radical (unpaired) electrons. The lowest BCUT2D eigenvalue weighted by molar-refractivity contribution is -0.274. The van der Waals surface area contributed by atoms with Gasteiger partial charge in [-0.25, -0.2) is 4.79 Å². The third kappa shape index (κ3) is 3.74. The Morgan fingerprint density at radius 1 is 1.33 bits per heavy atom. The summed E-state index contributed by atoms with van der Waals surface area (Å²) in [5, 5.41) is 12.9. The highest BCUT2D eigenvalue weighted by molar-refractivity contribution is 5.88. The SMILES string of the molecule is Cc1c(C(=O)O)cnn1Cc1ccc(OC(F)(F)F)cc1. The number of nitrogens with zero attached hydrogens (tertiary/aromatic N) is 2. The molecule has 0 aliphatic heterocycles. The number of alkyl halides is 3. The summed E-state index contributed by atoms with van der Waals surface area (Å²) >= 11 is 0.